The van der Waals surface area contributed by atoms with E-state index in [0.29, 0.717) is 24.7 Å². The molecule has 0 aromatic heterocycles. The summed E-state index contributed by atoms with van der Waals surface area (Å²) >= 11 is 0. The second kappa shape index (κ2) is 8.24. The van der Waals surface area contributed by atoms with Gasteiger partial charge in [-0.05, 0) is 39.0 Å². The van der Waals surface area contributed by atoms with E-state index in [9.17, 15) is 13.2 Å². The Kier molecular flexibility index (Phi) is 6.48. The first-order valence-corrected chi connectivity index (χ1v) is 10.4. The SMILES string of the molecule is CCOC(CN1c2cc(S(C)(=O)=O)ccc2OC(C)C1C(N)=O)OCC. The van der Waals surface area contributed by atoms with E-state index in [1.807, 2.05) is 13.8 Å². The molecule has 8 nitrogen and oxygen atoms in total. The Morgan fingerprint density at radius 3 is 2.42 bits per heavy atom. The lowest BCUT2D eigenvalue weighted by atomic mass is 10.1. The third-order valence-corrected chi connectivity index (χ3v) is 5.21. The fraction of sp³-hybridized carbons (Fsp3) is 0.588. The quantitative estimate of drug-likeness (QED) is 0.662. The third kappa shape index (κ3) is 4.46. The van der Waals surface area contributed by atoms with Crippen LogP contribution in [0.5, 0.6) is 5.75 Å². The molecule has 26 heavy (non-hydrogen) atoms. The predicted octanol–water partition coefficient (Wildman–Crippen LogP) is 0.930. The molecule has 1 aliphatic heterocycles. The first-order valence-electron chi connectivity index (χ1n) is 8.48. The summed E-state index contributed by atoms with van der Waals surface area (Å²) in [6, 6.07) is 3.77. The van der Waals surface area contributed by atoms with Gasteiger partial charge in [0.1, 0.15) is 17.9 Å². The number of hydrogen-bond acceptors (Lipinski definition) is 7. The van der Waals surface area contributed by atoms with Crippen LogP contribution in [0.1, 0.15) is 20.8 Å². The molecule has 1 aromatic rings. The van der Waals surface area contributed by atoms with Crippen LogP contribution in [-0.2, 0) is 24.1 Å². The summed E-state index contributed by atoms with van der Waals surface area (Å²) < 4.78 is 40.8. The molecule has 0 bridgehead atoms. The Bertz CT molecular complexity index is 746. The van der Waals surface area contributed by atoms with Crippen molar-refractivity contribution >= 4 is 21.4 Å². The lowest BCUT2D eigenvalue weighted by Gasteiger charge is -2.42. The minimum absolute atomic E-state index is 0.131. The number of benzene rings is 1. The molecule has 1 amide bonds. The highest BCUT2D eigenvalue weighted by molar-refractivity contribution is 7.90. The van der Waals surface area contributed by atoms with Crippen LogP contribution in [0.4, 0.5) is 5.69 Å². The van der Waals surface area contributed by atoms with Crippen LogP contribution in [0.15, 0.2) is 23.1 Å². The Morgan fingerprint density at radius 2 is 1.92 bits per heavy atom. The second-order valence-corrected chi connectivity index (χ2v) is 8.08. The summed E-state index contributed by atoms with van der Waals surface area (Å²) in [5.74, 6) is -0.0891. The van der Waals surface area contributed by atoms with Gasteiger partial charge in [0.05, 0.1) is 17.1 Å². The summed E-state index contributed by atoms with van der Waals surface area (Å²) in [6.45, 7) is 6.50. The molecular weight excluding hydrogens is 360 g/mol. The summed E-state index contributed by atoms with van der Waals surface area (Å²) in [7, 11) is -3.42. The highest BCUT2D eigenvalue weighted by atomic mass is 32.2. The zero-order chi connectivity index (χ0) is 19.5. The minimum Gasteiger partial charge on any atom is -0.486 e. The normalized spacial score (nSPS) is 20.0. The number of ether oxygens (including phenoxy) is 3. The number of primary amides is 1. The molecule has 0 aliphatic carbocycles. The van der Waals surface area contributed by atoms with Crippen molar-refractivity contribution < 1.29 is 27.4 Å². The Balaban J connectivity index is 2.51. The average molecular weight is 386 g/mol. The molecule has 0 radical (unpaired) electrons. The number of carbonyl (C=O) groups is 1. The highest BCUT2D eigenvalue weighted by Crippen LogP contribution is 2.38. The zero-order valence-electron chi connectivity index (χ0n) is 15.5. The standard InChI is InChI=1S/C17H26N2O6S/c1-5-23-15(24-6-2)10-19-13-9-12(26(4,21)22)7-8-14(13)25-11(3)16(19)17(18)20/h7-9,11,15-16H,5-6,10H2,1-4H3,(H2,18,20). The first-order chi connectivity index (χ1) is 12.2. The van der Waals surface area contributed by atoms with E-state index in [-0.39, 0.29) is 11.4 Å². The molecule has 1 heterocycles. The molecule has 0 saturated heterocycles. The average Bonchev–Trinajstić information content (AvgIpc) is 2.53. The first kappa shape index (κ1) is 20.5. The third-order valence-electron chi connectivity index (χ3n) is 4.10. The molecular formula is C17H26N2O6S. The van der Waals surface area contributed by atoms with Crippen molar-refractivity contribution in [3.63, 3.8) is 0 Å². The van der Waals surface area contributed by atoms with Crippen LogP contribution in [0, 0.1) is 0 Å². The van der Waals surface area contributed by atoms with Gasteiger partial charge in [-0.3, -0.25) is 4.79 Å². The predicted molar refractivity (Wildman–Crippen MR) is 97.0 cm³/mol. The molecule has 2 atom stereocenters. The Morgan fingerprint density at radius 1 is 1.31 bits per heavy atom. The lowest BCUT2D eigenvalue weighted by Crippen LogP contribution is -2.57. The summed E-state index contributed by atoms with van der Waals surface area (Å²) in [6.07, 6.45) is 0.0278. The van der Waals surface area contributed by atoms with Crippen molar-refractivity contribution in [1.82, 2.24) is 0 Å². The number of sulfone groups is 1. The second-order valence-electron chi connectivity index (χ2n) is 6.06. The number of hydrogen-bond donors (Lipinski definition) is 1. The van der Waals surface area contributed by atoms with Crippen molar-refractivity contribution in [2.75, 3.05) is 30.9 Å². The van der Waals surface area contributed by atoms with E-state index in [4.69, 9.17) is 19.9 Å². The Labute approximate surface area is 154 Å². The van der Waals surface area contributed by atoms with Crippen LogP contribution in [-0.4, -0.2) is 58.8 Å². The fourth-order valence-corrected chi connectivity index (χ4v) is 3.64. The van der Waals surface area contributed by atoms with E-state index < -0.39 is 34.2 Å². The number of nitrogens with zero attached hydrogens (tertiary/aromatic N) is 1. The van der Waals surface area contributed by atoms with E-state index in [2.05, 4.69) is 0 Å². The molecule has 2 N–H and O–H groups in total. The number of nitrogens with two attached hydrogens (primary N) is 1. The van der Waals surface area contributed by atoms with Crippen molar-refractivity contribution in [1.29, 1.82) is 0 Å². The van der Waals surface area contributed by atoms with Crippen molar-refractivity contribution in [3.8, 4) is 5.75 Å². The van der Waals surface area contributed by atoms with Gasteiger partial charge in [0, 0.05) is 19.5 Å². The zero-order valence-corrected chi connectivity index (χ0v) is 16.3. The van der Waals surface area contributed by atoms with E-state index in [1.165, 1.54) is 12.1 Å². The Hall–Kier alpha value is -1.84. The molecule has 146 valence electrons. The fourth-order valence-electron chi connectivity index (χ4n) is 3.00. The number of anilines is 1. The number of amides is 1. The molecule has 0 fully saturated rings. The topological polar surface area (TPSA) is 108 Å². The van der Waals surface area contributed by atoms with E-state index in [0.717, 1.165) is 6.26 Å². The summed E-state index contributed by atoms with van der Waals surface area (Å²) in [4.78, 5) is 13.9. The molecule has 1 aliphatic rings. The van der Waals surface area contributed by atoms with Gasteiger partial charge in [0.25, 0.3) is 0 Å². The van der Waals surface area contributed by atoms with Gasteiger partial charge in [-0.1, -0.05) is 0 Å². The van der Waals surface area contributed by atoms with Gasteiger partial charge in [-0.25, -0.2) is 8.42 Å². The number of carbonyl (C=O) groups excluding carboxylic acids is 1. The molecule has 9 heteroatoms. The van der Waals surface area contributed by atoms with Gasteiger partial charge < -0.3 is 24.8 Å². The smallest absolute Gasteiger partial charge is 0.243 e. The molecule has 2 rings (SSSR count). The van der Waals surface area contributed by atoms with Crippen LogP contribution >= 0.6 is 0 Å². The van der Waals surface area contributed by atoms with Crippen LogP contribution in [0.3, 0.4) is 0 Å². The van der Waals surface area contributed by atoms with Gasteiger partial charge in [-0.15, -0.1) is 0 Å². The molecule has 0 spiro atoms. The van der Waals surface area contributed by atoms with Gasteiger partial charge in [0.2, 0.25) is 5.91 Å². The largest absolute Gasteiger partial charge is 0.486 e. The van der Waals surface area contributed by atoms with Crippen LogP contribution < -0.4 is 15.4 Å². The van der Waals surface area contributed by atoms with Crippen molar-refractivity contribution in [2.45, 2.75) is 44.1 Å². The van der Waals surface area contributed by atoms with Gasteiger partial charge in [-0.2, -0.15) is 0 Å². The maximum Gasteiger partial charge on any atom is 0.243 e. The van der Waals surface area contributed by atoms with Crippen molar-refractivity contribution in [3.05, 3.63) is 18.2 Å². The van der Waals surface area contributed by atoms with E-state index >= 15 is 0 Å². The van der Waals surface area contributed by atoms with Gasteiger partial charge >= 0.3 is 0 Å². The molecule has 2 unspecified atom stereocenters. The number of fused-ring (bicyclic) bond motifs is 1. The monoisotopic (exact) mass is 386 g/mol. The van der Waals surface area contributed by atoms with Crippen molar-refractivity contribution in [2.24, 2.45) is 5.73 Å². The number of rotatable bonds is 8. The van der Waals surface area contributed by atoms with Crippen LogP contribution in [0.2, 0.25) is 0 Å². The summed E-state index contributed by atoms with van der Waals surface area (Å²) in [5.41, 5.74) is 6.06. The maximum absolute atomic E-state index is 12.1. The van der Waals surface area contributed by atoms with E-state index in [1.54, 1.807) is 17.9 Å². The lowest BCUT2D eigenvalue weighted by molar-refractivity contribution is -0.133. The highest BCUT2D eigenvalue weighted by Gasteiger charge is 2.39. The van der Waals surface area contributed by atoms with Crippen LogP contribution in [0.25, 0.3) is 0 Å². The van der Waals surface area contributed by atoms with Gasteiger partial charge in [0.15, 0.2) is 16.1 Å². The minimum atomic E-state index is -3.42. The molecule has 0 saturated carbocycles. The molecule has 1 aromatic carbocycles. The maximum atomic E-state index is 12.1. The summed E-state index contributed by atoms with van der Waals surface area (Å²) in [5, 5.41) is 0.